The molecule has 0 saturated heterocycles. The van der Waals surface area contributed by atoms with Crippen molar-refractivity contribution in [2.24, 2.45) is 0 Å². The van der Waals surface area contributed by atoms with E-state index < -0.39 is 11.9 Å². The molecule has 3 rings (SSSR count). The lowest BCUT2D eigenvalue weighted by Gasteiger charge is -2.07. The third kappa shape index (κ3) is 6.64. The molecule has 0 fully saturated rings. The van der Waals surface area contributed by atoms with Crippen LogP contribution in [0.4, 0.5) is 4.39 Å². The zero-order chi connectivity index (χ0) is 22.2. The number of aliphatic carboxylic acids is 1. The largest absolute Gasteiger partial charge is 0.480 e. The maximum Gasteiger partial charge on any atom is 0.317 e. The van der Waals surface area contributed by atoms with Crippen molar-refractivity contribution in [3.63, 3.8) is 0 Å². The third-order valence-corrected chi connectivity index (χ3v) is 4.23. The van der Waals surface area contributed by atoms with Crippen molar-refractivity contribution in [2.45, 2.75) is 26.4 Å². The molecule has 162 valence electrons. The fourth-order valence-corrected chi connectivity index (χ4v) is 2.83. The SMILES string of the molecule is Cc1cc(-c2nnn(CCCNCC(=O)O)n2)cc(C(=O)NCc2cccc(F)c2)n1. The van der Waals surface area contributed by atoms with Gasteiger partial charge in [0.1, 0.15) is 11.5 Å². The highest BCUT2D eigenvalue weighted by Crippen LogP contribution is 2.16. The molecule has 1 aromatic carbocycles. The second-order valence-electron chi connectivity index (χ2n) is 6.83. The molecule has 0 radical (unpaired) electrons. The van der Waals surface area contributed by atoms with Gasteiger partial charge in [-0.2, -0.15) is 4.80 Å². The molecule has 2 heterocycles. The lowest BCUT2D eigenvalue weighted by molar-refractivity contribution is -0.135. The summed E-state index contributed by atoms with van der Waals surface area (Å²) < 4.78 is 13.3. The Bertz CT molecular complexity index is 1070. The number of benzene rings is 1. The summed E-state index contributed by atoms with van der Waals surface area (Å²) in [5.41, 5.74) is 2.05. The fraction of sp³-hybridized carbons (Fsp3) is 0.300. The first-order valence-corrected chi connectivity index (χ1v) is 9.63. The molecule has 0 aliphatic carbocycles. The number of amides is 1. The quantitative estimate of drug-likeness (QED) is 0.411. The van der Waals surface area contributed by atoms with Crippen LogP contribution in [0, 0.1) is 12.7 Å². The van der Waals surface area contributed by atoms with Gasteiger partial charge in [0.15, 0.2) is 0 Å². The van der Waals surface area contributed by atoms with Crippen LogP contribution in [0.25, 0.3) is 11.4 Å². The first-order chi connectivity index (χ1) is 14.9. The van der Waals surface area contributed by atoms with E-state index in [2.05, 4.69) is 31.0 Å². The van der Waals surface area contributed by atoms with E-state index in [1.807, 2.05) is 0 Å². The van der Waals surface area contributed by atoms with E-state index in [1.165, 1.54) is 16.9 Å². The summed E-state index contributed by atoms with van der Waals surface area (Å²) in [5, 5.41) is 26.4. The summed E-state index contributed by atoms with van der Waals surface area (Å²) in [6.07, 6.45) is 0.631. The normalized spacial score (nSPS) is 10.8. The number of carboxylic acids is 1. The standard InChI is InChI=1S/C20H22FN7O3/c1-13-8-15(19-25-27-28(26-19)7-3-6-22-12-18(29)30)10-17(24-13)20(31)23-11-14-4-2-5-16(21)9-14/h2,4-5,8-10,22H,3,6-7,11-12H2,1H3,(H,23,31)(H,29,30). The topological polar surface area (TPSA) is 135 Å². The Balaban J connectivity index is 1.62. The van der Waals surface area contributed by atoms with Crippen molar-refractivity contribution in [3.8, 4) is 11.4 Å². The van der Waals surface area contributed by atoms with Crippen LogP contribution in [0.15, 0.2) is 36.4 Å². The lowest BCUT2D eigenvalue weighted by Crippen LogP contribution is -2.24. The summed E-state index contributed by atoms with van der Waals surface area (Å²) in [4.78, 5) is 28.7. The molecule has 0 atom stereocenters. The Morgan fingerprint density at radius 1 is 1.23 bits per heavy atom. The monoisotopic (exact) mass is 427 g/mol. The average Bonchev–Trinajstić information content (AvgIpc) is 3.20. The van der Waals surface area contributed by atoms with Crippen LogP contribution < -0.4 is 10.6 Å². The van der Waals surface area contributed by atoms with Gasteiger partial charge in [0.2, 0.25) is 5.82 Å². The smallest absolute Gasteiger partial charge is 0.317 e. The average molecular weight is 427 g/mol. The molecule has 3 aromatic rings. The van der Waals surface area contributed by atoms with Crippen LogP contribution in [0.1, 0.15) is 28.2 Å². The van der Waals surface area contributed by atoms with Crippen LogP contribution in [0.2, 0.25) is 0 Å². The maximum atomic E-state index is 13.3. The fourth-order valence-electron chi connectivity index (χ4n) is 2.83. The highest BCUT2D eigenvalue weighted by Gasteiger charge is 2.13. The minimum absolute atomic E-state index is 0.101. The van der Waals surface area contributed by atoms with Crippen molar-refractivity contribution < 1.29 is 19.1 Å². The number of hydrogen-bond donors (Lipinski definition) is 3. The van der Waals surface area contributed by atoms with Gasteiger partial charge in [-0.25, -0.2) is 9.37 Å². The summed E-state index contributed by atoms with van der Waals surface area (Å²) in [5.74, 6) is -1.33. The van der Waals surface area contributed by atoms with Gasteiger partial charge >= 0.3 is 5.97 Å². The highest BCUT2D eigenvalue weighted by molar-refractivity contribution is 5.93. The van der Waals surface area contributed by atoms with Gasteiger partial charge in [0.25, 0.3) is 5.91 Å². The van der Waals surface area contributed by atoms with Gasteiger partial charge in [-0.3, -0.25) is 9.59 Å². The minimum atomic E-state index is -0.912. The Hall–Kier alpha value is -3.73. The molecular weight excluding hydrogens is 405 g/mol. The van der Waals surface area contributed by atoms with Crippen LogP contribution in [0.3, 0.4) is 0 Å². The number of carboxylic acid groups (broad SMARTS) is 1. The Morgan fingerprint density at radius 2 is 2.06 bits per heavy atom. The molecule has 0 saturated carbocycles. The predicted molar refractivity (Wildman–Crippen MR) is 108 cm³/mol. The number of carbonyl (C=O) groups is 2. The number of halogens is 1. The second-order valence-corrected chi connectivity index (χ2v) is 6.83. The number of aromatic nitrogens is 5. The predicted octanol–water partition coefficient (Wildman–Crippen LogP) is 1.18. The van der Waals surface area contributed by atoms with Gasteiger partial charge in [0, 0.05) is 17.8 Å². The van der Waals surface area contributed by atoms with Gasteiger partial charge in [-0.1, -0.05) is 12.1 Å². The molecular formula is C20H22FN7O3. The summed E-state index contributed by atoms with van der Waals surface area (Å²) >= 11 is 0. The van der Waals surface area contributed by atoms with E-state index in [0.717, 1.165) is 0 Å². The molecule has 0 unspecified atom stereocenters. The molecule has 0 spiro atoms. The zero-order valence-electron chi connectivity index (χ0n) is 16.9. The van der Waals surface area contributed by atoms with Crippen LogP contribution in [-0.2, 0) is 17.9 Å². The van der Waals surface area contributed by atoms with E-state index in [-0.39, 0.29) is 24.6 Å². The minimum Gasteiger partial charge on any atom is -0.480 e. The van der Waals surface area contributed by atoms with E-state index >= 15 is 0 Å². The van der Waals surface area contributed by atoms with Crippen molar-refractivity contribution >= 4 is 11.9 Å². The van der Waals surface area contributed by atoms with E-state index in [1.54, 1.807) is 31.2 Å². The van der Waals surface area contributed by atoms with Gasteiger partial charge in [-0.05, 0) is 54.9 Å². The second kappa shape index (κ2) is 10.3. The number of aryl methyl sites for hydroxylation is 2. The van der Waals surface area contributed by atoms with Gasteiger partial charge in [-0.15, -0.1) is 10.2 Å². The number of hydrogen-bond acceptors (Lipinski definition) is 7. The summed E-state index contributed by atoms with van der Waals surface area (Å²) in [6.45, 7) is 2.80. The number of rotatable bonds is 10. The molecule has 0 bridgehead atoms. The number of nitrogens with zero attached hydrogens (tertiary/aromatic N) is 5. The van der Waals surface area contributed by atoms with Gasteiger partial charge in [0.05, 0.1) is 13.1 Å². The first-order valence-electron chi connectivity index (χ1n) is 9.63. The molecule has 10 nitrogen and oxygen atoms in total. The Morgan fingerprint density at radius 3 is 2.84 bits per heavy atom. The Labute approximate surface area is 177 Å². The van der Waals surface area contributed by atoms with E-state index in [4.69, 9.17) is 5.11 Å². The van der Waals surface area contributed by atoms with Crippen LogP contribution in [-0.4, -0.2) is 55.3 Å². The number of carbonyl (C=O) groups excluding carboxylic acids is 1. The molecule has 11 heteroatoms. The zero-order valence-corrected chi connectivity index (χ0v) is 16.9. The van der Waals surface area contributed by atoms with Crippen LogP contribution >= 0.6 is 0 Å². The molecule has 0 aliphatic rings. The Kier molecular flexibility index (Phi) is 7.33. The molecule has 31 heavy (non-hydrogen) atoms. The molecule has 3 N–H and O–H groups in total. The number of pyridine rings is 1. The van der Waals surface area contributed by atoms with Gasteiger partial charge < -0.3 is 15.7 Å². The number of tetrazole rings is 1. The van der Waals surface area contributed by atoms with Crippen molar-refractivity contribution in [1.29, 1.82) is 0 Å². The van der Waals surface area contributed by atoms with Crippen molar-refractivity contribution in [2.75, 3.05) is 13.1 Å². The van der Waals surface area contributed by atoms with Crippen molar-refractivity contribution in [3.05, 3.63) is 59.2 Å². The molecule has 2 aromatic heterocycles. The summed E-state index contributed by atoms with van der Waals surface area (Å²) in [6, 6.07) is 9.32. The van der Waals surface area contributed by atoms with E-state index in [9.17, 15) is 14.0 Å². The summed E-state index contributed by atoms with van der Waals surface area (Å²) in [7, 11) is 0. The lowest BCUT2D eigenvalue weighted by atomic mass is 10.1. The first kappa shape index (κ1) is 22.0. The third-order valence-electron chi connectivity index (χ3n) is 4.23. The van der Waals surface area contributed by atoms with Crippen LogP contribution in [0.5, 0.6) is 0 Å². The molecule has 1 amide bonds. The van der Waals surface area contributed by atoms with E-state index in [0.29, 0.717) is 42.2 Å². The number of nitrogens with one attached hydrogen (secondary N) is 2. The molecule has 0 aliphatic heterocycles. The maximum absolute atomic E-state index is 13.3. The van der Waals surface area contributed by atoms with Crippen molar-refractivity contribution in [1.82, 2.24) is 35.8 Å². The highest BCUT2D eigenvalue weighted by atomic mass is 19.1.